The smallest absolute Gasteiger partial charge is 0.328 e. The van der Waals surface area contributed by atoms with Crippen molar-refractivity contribution in [3.05, 3.63) is 0 Å². The van der Waals surface area contributed by atoms with Gasteiger partial charge < -0.3 is 15.2 Å². The summed E-state index contributed by atoms with van der Waals surface area (Å²) in [5.41, 5.74) is 0. The van der Waals surface area contributed by atoms with Gasteiger partial charge in [0.15, 0.2) is 0 Å². The molecular formula is C13H25NO4. The number of aliphatic hydroxyl groups is 1. The molecule has 0 saturated carbocycles. The van der Waals surface area contributed by atoms with Crippen LogP contribution < -0.4 is 5.32 Å². The second-order valence-corrected chi connectivity index (χ2v) is 5.39. The molecule has 0 radical (unpaired) electrons. The largest absolute Gasteiger partial charge is 0.464 e. The van der Waals surface area contributed by atoms with Gasteiger partial charge in [0, 0.05) is 0 Å². The monoisotopic (exact) mass is 259 g/mol. The van der Waals surface area contributed by atoms with E-state index in [0.717, 1.165) is 0 Å². The molecule has 0 aliphatic carbocycles. The third-order valence-corrected chi connectivity index (χ3v) is 2.25. The van der Waals surface area contributed by atoms with Crippen LogP contribution in [0.1, 0.15) is 41.0 Å². The maximum Gasteiger partial charge on any atom is 0.328 e. The van der Waals surface area contributed by atoms with Crippen LogP contribution in [0.15, 0.2) is 0 Å². The van der Waals surface area contributed by atoms with Crippen molar-refractivity contribution in [1.82, 2.24) is 5.32 Å². The lowest BCUT2D eigenvalue weighted by Gasteiger charge is -2.20. The van der Waals surface area contributed by atoms with Crippen LogP contribution in [0.3, 0.4) is 0 Å². The van der Waals surface area contributed by atoms with E-state index < -0.39 is 24.0 Å². The maximum absolute atomic E-state index is 11.8. The number of hydrogen-bond donors (Lipinski definition) is 2. The van der Waals surface area contributed by atoms with Gasteiger partial charge in [-0.15, -0.1) is 0 Å². The van der Waals surface area contributed by atoms with E-state index in [-0.39, 0.29) is 11.8 Å². The topological polar surface area (TPSA) is 75.6 Å². The highest BCUT2D eigenvalue weighted by atomic mass is 16.5. The zero-order valence-corrected chi connectivity index (χ0v) is 11.9. The Bertz CT molecular complexity index is 274. The molecule has 0 aromatic carbocycles. The molecule has 0 heterocycles. The first-order valence-corrected chi connectivity index (χ1v) is 6.39. The number of amides is 1. The first-order chi connectivity index (χ1) is 8.23. The number of nitrogens with one attached hydrogen (secondary N) is 1. The number of carbonyl (C=O) groups excluding carboxylic acids is 2. The summed E-state index contributed by atoms with van der Waals surface area (Å²) in [5, 5.41) is 11.6. The fourth-order valence-corrected chi connectivity index (χ4v) is 1.33. The molecular weight excluding hydrogens is 234 g/mol. The summed E-state index contributed by atoms with van der Waals surface area (Å²) in [6, 6.07) is -0.689. The van der Waals surface area contributed by atoms with E-state index in [4.69, 9.17) is 9.84 Å². The summed E-state index contributed by atoms with van der Waals surface area (Å²) >= 11 is 0. The number of ether oxygens (including phenoxy) is 1. The number of hydrogen-bond acceptors (Lipinski definition) is 4. The van der Waals surface area contributed by atoms with Crippen molar-refractivity contribution in [2.45, 2.75) is 53.2 Å². The summed E-state index contributed by atoms with van der Waals surface area (Å²) in [7, 11) is 0. The molecule has 0 spiro atoms. The number of esters is 1. The van der Waals surface area contributed by atoms with Crippen molar-refractivity contribution in [3.8, 4) is 0 Å². The van der Waals surface area contributed by atoms with Crippen molar-refractivity contribution >= 4 is 11.9 Å². The van der Waals surface area contributed by atoms with Gasteiger partial charge in [0.1, 0.15) is 12.1 Å². The summed E-state index contributed by atoms with van der Waals surface area (Å²) < 4.78 is 5.11. The van der Waals surface area contributed by atoms with Crippen molar-refractivity contribution in [1.29, 1.82) is 0 Å². The Morgan fingerprint density at radius 3 is 2.06 bits per heavy atom. The van der Waals surface area contributed by atoms with Crippen LogP contribution >= 0.6 is 0 Å². The third kappa shape index (κ3) is 7.27. The highest BCUT2D eigenvalue weighted by molar-refractivity contribution is 5.86. The van der Waals surface area contributed by atoms with Crippen LogP contribution in [0, 0.1) is 11.8 Å². The van der Waals surface area contributed by atoms with Crippen molar-refractivity contribution in [2.75, 3.05) is 6.61 Å². The molecule has 5 nitrogen and oxygen atoms in total. The predicted molar refractivity (Wildman–Crippen MR) is 68.9 cm³/mol. The molecule has 5 heteroatoms. The Labute approximate surface area is 109 Å². The third-order valence-electron chi connectivity index (χ3n) is 2.25. The molecule has 106 valence electrons. The molecule has 0 rings (SSSR count). The Hall–Kier alpha value is -1.10. The van der Waals surface area contributed by atoms with Crippen LogP contribution in [-0.4, -0.2) is 35.7 Å². The minimum atomic E-state index is -1.13. The summed E-state index contributed by atoms with van der Waals surface area (Å²) in [6.45, 7) is 9.49. The predicted octanol–water partition coefficient (Wildman–Crippen LogP) is 1.10. The lowest BCUT2D eigenvalue weighted by Crippen LogP contribution is -2.46. The van der Waals surface area contributed by atoms with E-state index in [2.05, 4.69) is 5.32 Å². The lowest BCUT2D eigenvalue weighted by atomic mass is 10.0. The molecule has 1 amide bonds. The molecule has 0 aromatic heterocycles. The Kier molecular flexibility index (Phi) is 7.59. The van der Waals surface area contributed by atoms with Crippen molar-refractivity contribution < 1.29 is 19.4 Å². The van der Waals surface area contributed by atoms with E-state index in [1.54, 1.807) is 0 Å². The van der Waals surface area contributed by atoms with Crippen molar-refractivity contribution in [2.24, 2.45) is 11.8 Å². The highest BCUT2D eigenvalue weighted by Gasteiger charge is 2.24. The number of aliphatic hydroxyl groups excluding tert-OH is 1. The fraction of sp³-hybridized carbons (Fsp3) is 0.846. The maximum atomic E-state index is 11.8. The van der Waals surface area contributed by atoms with Gasteiger partial charge in [-0.3, -0.25) is 4.79 Å². The van der Waals surface area contributed by atoms with Crippen LogP contribution in [0.25, 0.3) is 0 Å². The molecule has 0 unspecified atom stereocenters. The first-order valence-electron chi connectivity index (χ1n) is 6.39. The second-order valence-electron chi connectivity index (χ2n) is 5.39. The molecule has 0 saturated heterocycles. The van der Waals surface area contributed by atoms with E-state index in [1.807, 2.05) is 27.7 Å². The summed E-state index contributed by atoms with van der Waals surface area (Å²) in [4.78, 5) is 23.2. The fourth-order valence-electron chi connectivity index (χ4n) is 1.33. The van der Waals surface area contributed by atoms with Gasteiger partial charge in [0.2, 0.25) is 5.91 Å². The quantitative estimate of drug-likeness (QED) is 0.671. The van der Waals surface area contributed by atoms with Gasteiger partial charge in [-0.2, -0.15) is 0 Å². The average molecular weight is 259 g/mol. The van der Waals surface area contributed by atoms with Crippen LogP contribution in [0.5, 0.6) is 0 Å². The van der Waals surface area contributed by atoms with E-state index in [0.29, 0.717) is 13.0 Å². The molecule has 0 bridgehead atoms. The average Bonchev–Trinajstić information content (AvgIpc) is 2.23. The second kappa shape index (κ2) is 8.08. The first kappa shape index (κ1) is 16.9. The Morgan fingerprint density at radius 1 is 1.11 bits per heavy atom. The van der Waals surface area contributed by atoms with Gasteiger partial charge in [0.25, 0.3) is 0 Å². The molecule has 2 N–H and O–H groups in total. The van der Waals surface area contributed by atoms with Crippen LogP contribution in [0.2, 0.25) is 0 Å². The standard InChI is InChI=1S/C13H25NO4/c1-8(2)6-11(14-12(16)10(5)15)13(17)18-7-9(3)4/h8-11,15H,6-7H2,1-5H3,(H,14,16)/t10-,11+/m0/s1. The van der Waals surface area contributed by atoms with E-state index in [1.165, 1.54) is 6.92 Å². The van der Waals surface area contributed by atoms with Crippen LogP contribution in [0.4, 0.5) is 0 Å². The highest BCUT2D eigenvalue weighted by Crippen LogP contribution is 2.08. The molecule has 0 fully saturated rings. The molecule has 0 aliphatic heterocycles. The SMILES string of the molecule is CC(C)COC(=O)[C@@H](CC(C)C)NC(=O)[C@H](C)O. The van der Waals surface area contributed by atoms with Gasteiger partial charge in [-0.05, 0) is 25.2 Å². The number of carbonyl (C=O) groups is 2. The molecule has 2 atom stereocenters. The van der Waals surface area contributed by atoms with Crippen molar-refractivity contribution in [3.63, 3.8) is 0 Å². The van der Waals surface area contributed by atoms with E-state index in [9.17, 15) is 9.59 Å². The molecule has 18 heavy (non-hydrogen) atoms. The van der Waals surface area contributed by atoms with E-state index >= 15 is 0 Å². The minimum Gasteiger partial charge on any atom is -0.464 e. The molecule has 0 aromatic rings. The van der Waals surface area contributed by atoms with Gasteiger partial charge >= 0.3 is 5.97 Å². The Morgan fingerprint density at radius 2 is 1.67 bits per heavy atom. The summed E-state index contributed by atoms with van der Waals surface area (Å²) in [5.74, 6) is -0.495. The Balaban J connectivity index is 4.47. The zero-order chi connectivity index (χ0) is 14.3. The summed E-state index contributed by atoms with van der Waals surface area (Å²) in [6.07, 6.45) is -0.632. The van der Waals surface area contributed by atoms with Gasteiger partial charge in [0.05, 0.1) is 6.61 Å². The molecule has 0 aliphatic rings. The van der Waals surface area contributed by atoms with Gasteiger partial charge in [-0.25, -0.2) is 4.79 Å². The van der Waals surface area contributed by atoms with Gasteiger partial charge in [-0.1, -0.05) is 27.7 Å². The normalized spacial score (nSPS) is 14.4. The van der Waals surface area contributed by atoms with Crippen LogP contribution in [-0.2, 0) is 14.3 Å². The minimum absolute atomic E-state index is 0.246. The lowest BCUT2D eigenvalue weighted by molar-refractivity contribution is -0.150. The number of rotatable bonds is 7. The zero-order valence-electron chi connectivity index (χ0n) is 11.9.